The fraction of sp³-hybridized carbons (Fsp3) is 0.333. The Kier molecular flexibility index (Phi) is 4.72. The molecular weight excluding hydrogens is 298 g/mol. The molecule has 0 atom stereocenters. The maximum atomic E-state index is 11.3. The molecule has 2 N–H and O–H groups in total. The quantitative estimate of drug-likeness (QED) is 0.827. The number of sulfonamides is 1. The molecule has 1 aromatic carbocycles. The van der Waals surface area contributed by atoms with Crippen LogP contribution in [0.2, 0.25) is 0 Å². The maximum absolute atomic E-state index is 11.3. The molecule has 1 rings (SSSR count). The van der Waals surface area contributed by atoms with E-state index in [1.54, 1.807) is 12.1 Å². The number of hydrogen-bond acceptors (Lipinski definition) is 4. The third-order valence-electron chi connectivity index (χ3n) is 1.76. The van der Waals surface area contributed by atoms with Gasteiger partial charge in [-0.25, -0.2) is 13.6 Å². The zero-order valence-electron chi connectivity index (χ0n) is 8.64. The Labute approximate surface area is 103 Å². The first-order valence-electron chi connectivity index (χ1n) is 4.39. The fourth-order valence-electron chi connectivity index (χ4n) is 1.06. The first-order chi connectivity index (χ1) is 7.45. The van der Waals surface area contributed by atoms with E-state index in [2.05, 4.69) is 15.9 Å². The highest BCUT2D eigenvalue weighted by Gasteiger charge is 2.15. The van der Waals surface area contributed by atoms with Crippen LogP contribution >= 0.6 is 15.9 Å². The van der Waals surface area contributed by atoms with E-state index in [9.17, 15) is 8.42 Å². The van der Waals surface area contributed by atoms with Crippen LogP contribution in [0.4, 0.5) is 0 Å². The van der Waals surface area contributed by atoms with E-state index in [0.29, 0.717) is 11.1 Å². The van der Waals surface area contributed by atoms with Gasteiger partial charge in [0.05, 0.1) is 6.61 Å². The Balaban J connectivity index is 2.99. The highest BCUT2D eigenvalue weighted by Crippen LogP contribution is 2.26. The van der Waals surface area contributed by atoms with Gasteiger partial charge in [-0.15, -0.1) is 0 Å². The molecule has 0 heterocycles. The van der Waals surface area contributed by atoms with Crippen LogP contribution in [0.3, 0.4) is 0 Å². The molecule has 0 aliphatic carbocycles. The molecule has 0 bridgehead atoms. The molecule has 0 aliphatic rings. The number of rotatable bonds is 5. The predicted molar refractivity (Wildman–Crippen MR) is 62.9 cm³/mol. The minimum atomic E-state index is -3.79. The molecule has 5 nitrogen and oxygen atoms in total. The molecule has 0 fully saturated rings. The van der Waals surface area contributed by atoms with Gasteiger partial charge in [0, 0.05) is 11.6 Å². The van der Waals surface area contributed by atoms with Crippen molar-refractivity contribution in [3.05, 3.63) is 22.7 Å². The number of methoxy groups -OCH3 is 1. The summed E-state index contributed by atoms with van der Waals surface area (Å²) in [7, 11) is -2.26. The van der Waals surface area contributed by atoms with Crippen molar-refractivity contribution in [1.29, 1.82) is 0 Å². The van der Waals surface area contributed by atoms with Crippen LogP contribution in [0, 0.1) is 0 Å². The highest BCUT2D eigenvalue weighted by atomic mass is 79.9. The first kappa shape index (κ1) is 13.4. The molecule has 0 saturated carbocycles. The van der Waals surface area contributed by atoms with Crippen molar-refractivity contribution in [3.63, 3.8) is 0 Å². The van der Waals surface area contributed by atoms with Crippen molar-refractivity contribution < 1.29 is 17.9 Å². The molecule has 0 saturated heterocycles. The summed E-state index contributed by atoms with van der Waals surface area (Å²) in [6.07, 6.45) is 0. The van der Waals surface area contributed by atoms with Crippen LogP contribution in [0.1, 0.15) is 0 Å². The fourth-order valence-corrected chi connectivity index (χ4v) is 2.27. The minimum absolute atomic E-state index is 0.0435. The summed E-state index contributed by atoms with van der Waals surface area (Å²) in [5.74, 6) is 0.225. The van der Waals surface area contributed by atoms with Crippen LogP contribution in [-0.2, 0) is 14.8 Å². The number of primary sulfonamides is 1. The Morgan fingerprint density at radius 1 is 1.38 bits per heavy atom. The van der Waals surface area contributed by atoms with Crippen LogP contribution in [-0.4, -0.2) is 28.7 Å². The largest absolute Gasteiger partial charge is 0.490 e. The van der Waals surface area contributed by atoms with Crippen LogP contribution in [0.15, 0.2) is 27.6 Å². The predicted octanol–water partition coefficient (Wildman–Crippen LogP) is 1.12. The SMILES string of the molecule is COCCOc1ccc(Br)cc1S(N)(=O)=O. The van der Waals surface area contributed by atoms with E-state index in [4.69, 9.17) is 14.6 Å². The standard InChI is InChI=1S/C9H12BrNO4S/c1-14-4-5-15-8-3-2-7(10)6-9(8)16(11,12)13/h2-3,6H,4-5H2,1H3,(H2,11,12,13). The third-order valence-corrected chi connectivity index (χ3v) is 3.18. The van der Waals surface area contributed by atoms with E-state index in [1.165, 1.54) is 13.2 Å². The van der Waals surface area contributed by atoms with Crippen molar-refractivity contribution in [2.24, 2.45) is 5.14 Å². The third kappa shape index (κ3) is 3.75. The topological polar surface area (TPSA) is 78.6 Å². The summed E-state index contributed by atoms with van der Waals surface area (Å²) in [6.45, 7) is 0.640. The number of nitrogens with two attached hydrogens (primary N) is 1. The van der Waals surface area contributed by atoms with Gasteiger partial charge < -0.3 is 9.47 Å². The molecule has 1 aromatic rings. The van der Waals surface area contributed by atoms with Gasteiger partial charge in [0.25, 0.3) is 0 Å². The lowest BCUT2D eigenvalue weighted by Gasteiger charge is -2.09. The van der Waals surface area contributed by atoms with Crippen LogP contribution < -0.4 is 9.88 Å². The molecule has 0 aromatic heterocycles. The summed E-state index contributed by atoms with van der Waals surface area (Å²) in [5, 5.41) is 5.07. The monoisotopic (exact) mass is 309 g/mol. The molecule has 0 spiro atoms. The Bertz CT molecular complexity index is 461. The average Bonchev–Trinajstić information content (AvgIpc) is 2.19. The average molecular weight is 310 g/mol. The van der Waals surface area contributed by atoms with Crippen LogP contribution in [0.25, 0.3) is 0 Å². The van der Waals surface area contributed by atoms with E-state index < -0.39 is 10.0 Å². The van der Waals surface area contributed by atoms with Gasteiger partial charge in [-0.2, -0.15) is 0 Å². The zero-order chi connectivity index (χ0) is 12.2. The Hall–Kier alpha value is -0.630. The van der Waals surface area contributed by atoms with Gasteiger partial charge in [0.2, 0.25) is 10.0 Å². The van der Waals surface area contributed by atoms with Gasteiger partial charge >= 0.3 is 0 Å². The van der Waals surface area contributed by atoms with Gasteiger partial charge in [-0.05, 0) is 18.2 Å². The number of benzene rings is 1. The molecule has 16 heavy (non-hydrogen) atoms. The van der Waals surface area contributed by atoms with E-state index >= 15 is 0 Å². The molecule has 0 amide bonds. The van der Waals surface area contributed by atoms with Gasteiger partial charge in [0.15, 0.2) is 0 Å². The lowest BCUT2D eigenvalue weighted by Crippen LogP contribution is -2.15. The molecular formula is C9H12BrNO4S. The number of halogens is 1. The normalized spacial score (nSPS) is 11.4. The highest BCUT2D eigenvalue weighted by molar-refractivity contribution is 9.10. The molecule has 0 aliphatic heterocycles. The summed E-state index contributed by atoms with van der Waals surface area (Å²) in [5.41, 5.74) is 0. The second-order valence-corrected chi connectivity index (χ2v) is 5.42. The van der Waals surface area contributed by atoms with Crippen molar-refractivity contribution in [1.82, 2.24) is 0 Å². The van der Waals surface area contributed by atoms with Crippen molar-refractivity contribution in [2.45, 2.75) is 4.90 Å². The second kappa shape index (κ2) is 5.62. The molecule has 0 radical (unpaired) electrons. The van der Waals surface area contributed by atoms with Gasteiger partial charge in [0.1, 0.15) is 17.3 Å². The van der Waals surface area contributed by atoms with E-state index in [1.807, 2.05) is 0 Å². The van der Waals surface area contributed by atoms with Crippen molar-refractivity contribution in [2.75, 3.05) is 20.3 Å². The summed E-state index contributed by atoms with van der Waals surface area (Å²) >= 11 is 3.17. The lowest BCUT2D eigenvalue weighted by atomic mass is 10.3. The minimum Gasteiger partial charge on any atom is -0.490 e. The summed E-state index contributed by atoms with van der Waals surface area (Å²) in [4.78, 5) is -0.0435. The Morgan fingerprint density at radius 3 is 2.62 bits per heavy atom. The lowest BCUT2D eigenvalue weighted by molar-refractivity contribution is 0.144. The second-order valence-electron chi connectivity index (χ2n) is 2.98. The maximum Gasteiger partial charge on any atom is 0.241 e. The Morgan fingerprint density at radius 2 is 2.06 bits per heavy atom. The van der Waals surface area contributed by atoms with Crippen LogP contribution in [0.5, 0.6) is 5.75 Å². The van der Waals surface area contributed by atoms with Gasteiger partial charge in [-0.1, -0.05) is 15.9 Å². The van der Waals surface area contributed by atoms with Gasteiger partial charge in [-0.3, -0.25) is 0 Å². The van der Waals surface area contributed by atoms with E-state index in [0.717, 1.165) is 0 Å². The summed E-state index contributed by atoms with van der Waals surface area (Å²) < 4.78 is 33.2. The number of ether oxygens (including phenoxy) is 2. The van der Waals surface area contributed by atoms with Crippen molar-refractivity contribution >= 4 is 26.0 Å². The number of hydrogen-bond donors (Lipinski definition) is 1. The smallest absolute Gasteiger partial charge is 0.241 e. The zero-order valence-corrected chi connectivity index (χ0v) is 11.0. The molecule has 0 unspecified atom stereocenters. The summed E-state index contributed by atoms with van der Waals surface area (Å²) in [6, 6.07) is 4.62. The van der Waals surface area contributed by atoms with E-state index in [-0.39, 0.29) is 17.3 Å². The molecule has 90 valence electrons. The first-order valence-corrected chi connectivity index (χ1v) is 6.73. The van der Waals surface area contributed by atoms with Crippen molar-refractivity contribution in [3.8, 4) is 5.75 Å². The molecule has 7 heteroatoms.